The number of anilines is 1. The van der Waals surface area contributed by atoms with Crippen LogP contribution in [0.5, 0.6) is 11.5 Å². The molecule has 0 unspecified atom stereocenters. The van der Waals surface area contributed by atoms with Gasteiger partial charge in [-0.25, -0.2) is 4.79 Å². The van der Waals surface area contributed by atoms with Crippen LogP contribution in [0.25, 0.3) is 0 Å². The molecule has 3 amide bonds. The standard InChI is InChI=1S/C28H33Cl2N3O5S/c1-19-5-8-22(39-19)17-32(12-11-20-6-10-25(37-3)26(15-20)38-4)27(34)18-33(13-14-36-2)28(35)31-21-7-9-23(29)24(30)16-21/h5-10,15-16H,11-14,17-18H2,1-4H3,(H,31,35). The molecule has 0 fully saturated rings. The molecule has 3 rings (SSSR count). The van der Waals surface area contributed by atoms with E-state index < -0.39 is 6.03 Å². The zero-order valence-electron chi connectivity index (χ0n) is 22.5. The van der Waals surface area contributed by atoms with E-state index in [2.05, 4.69) is 5.32 Å². The van der Waals surface area contributed by atoms with Crippen molar-refractivity contribution in [2.45, 2.75) is 19.9 Å². The summed E-state index contributed by atoms with van der Waals surface area (Å²) in [6.45, 7) is 3.32. The van der Waals surface area contributed by atoms with Crippen LogP contribution >= 0.6 is 34.5 Å². The van der Waals surface area contributed by atoms with Gasteiger partial charge in [0.25, 0.3) is 0 Å². The van der Waals surface area contributed by atoms with Crippen LogP contribution in [0, 0.1) is 6.92 Å². The average Bonchev–Trinajstić information content (AvgIpc) is 3.34. The van der Waals surface area contributed by atoms with E-state index in [1.54, 1.807) is 55.8 Å². The van der Waals surface area contributed by atoms with Crippen LogP contribution in [0.1, 0.15) is 15.3 Å². The van der Waals surface area contributed by atoms with Crippen molar-refractivity contribution >= 4 is 52.2 Å². The van der Waals surface area contributed by atoms with Crippen molar-refractivity contribution in [3.8, 4) is 11.5 Å². The fourth-order valence-corrected chi connectivity index (χ4v) is 5.05. The van der Waals surface area contributed by atoms with Gasteiger partial charge in [0.15, 0.2) is 11.5 Å². The van der Waals surface area contributed by atoms with Crippen molar-refractivity contribution in [2.75, 3.05) is 52.9 Å². The number of hydrogen-bond donors (Lipinski definition) is 1. The zero-order valence-corrected chi connectivity index (χ0v) is 24.8. The van der Waals surface area contributed by atoms with Crippen molar-refractivity contribution in [3.63, 3.8) is 0 Å². The number of halogens is 2. The lowest BCUT2D eigenvalue weighted by Gasteiger charge is -2.28. The molecule has 11 heteroatoms. The van der Waals surface area contributed by atoms with Gasteiger partial charge in [-0.15, -0.1) is 11.3 Å². The van der Waals surface area contributed by atoms with E-state index in [9.17, 15) is 9.59 Å². The highest BCUT2D eigenvalue weighted by Gasteiger charge is 2.22. The largest absolute Gasteiger partial charge is 0.493 e. The van der Waals surface area contributed by atoms with Gasteiger partial charge in [-0.3, -0.25) is 4.79 Å². The van der Waals surface area contributed by atoms with E-state index in [0.717, 1.165) is 10.4 Å². The topological polar surface area (TPSA) is 80.3 Å². The zero-order chi connectivity index (χ0) is 28.4. The van der Waals surface area contributed by atoms with Crippen LogP contribution in [0.15, 0.2) is 48.5 Å². The number of urea groups is 1. The molecule has 3 aromatic rings. The second-order valence-electron chi connectivity index (χ2n) is 8.74. The highest BCUT2D eigenvalue weighted by Crippen LogP contribution is 2.28. The minimum atomic E-state index is -0.439. The molecule has 0 saturated carbocycles. The summed E-state index contributed by atoms with van der Waals surface area (Å²) in [5.74, 6) is 1.10. The van der Waals surface area contributed by atoms with Crippen LogP contribution in [-0.2, 0) is 22.5 Å². The van der Waals surface area contributed by atoms with E-state index in [4.69, 9.17) is 37.4 Å². The SMILES string of the molecule is COCCN(CC(=O)N(CCc1ccc(OC)c(OC)c1)Cc1ccc(C)s1)C(=O)Nc1ccc(Cl)c(Cl)c1. The Morgan fingerprint density at radius 2 is 1.67 bits per heavy atom. The van der Waals surface area contributed by atoms with Gasteiger partial charge in [-0.2, -0.15) is 0 Å². The Bertz CT molecular complexity index is 1270. The molecule has 1 aromatic heterocycles. The summed E-state index contributed by atoms with van der Waals surface area (Å²) in [4.78, 5) is 32.2. The van der Waals surface area contributed by atoms with Crippen molar-refractivity contribution in [1.29, 1.82) is 0 Å². The Balaban J connectivity index is 1.76. The second kappa shape index (κ2) is 15.0. The molecule has 0 aliphatic carbocycles. The molecule has 210 valence electrons. The Morgan fingerprint density at radius 1 is 0.897 bits per heavy atom. The van der Waals surface area contributed by atoms with Crippen LogP contribution in [-0.4, -0.2) is 69.3 Å². The first-order valence-corrected chi connectivity index (χ1v) is 13.8. The number of nitrogens with zero attached hydrogens (tertiary/aromatic N) is 2. The van der Waals surface area contributed by atoms with E-state index in [1.165, 1.54) is 9.78 Å². The van der Waals surface area contributed by atoms with Gasteiger partial charge in [0.05, 0.1) is 37.4 Å². The first-order valence-electron chi connectivity index (χ1n) is 12.3. The van der Waals surface area contributed by atoms with E-state index in [0.29, 0.717) is 46.7 Å². The maximum atomic E-state index is 13.6. The number of aryl methyl sites for hydroxylation is 1. The van der Waals surface area contributed by atoms with Gasteiger partial charge < -0.3 is 29.3 Å². The van der Waals surface area contributed by atoms with Crippen molar-refractivity contribution in [1.82, 2.24) is 9.80 Å². The van der Waals surface area contributed by atoms with Gasteiger partial charge in [0.2, 0.25) is 5.91 Å². The maximum Gasteiger partial charge on any atom is 0.322 e. The third kappa shape index (κ3) is 9.03. The van der Waals surface area contributed by atoms with E-state index in [-0.39, 0.29) is 25.6 Å². The van der Waals surface area contributed by atoms with Crippen molar-refractivity contribution in [2.24, 2.45) is 0 Å². The quantitative estimate of drug-likeness (QED) is 0.258. The molecule has 0 atom stereocenters. The molecular weight excluding hydrogens is 561 g/mol. The summed E-state index contributed by atoms with van der Waals surface area (Å²) in [5, 5.41) is 3.50. The Hall–Kier alpha value is -2.98. The normalized spacial score (nSPS) is 10.7. The lowest BCUT2D eigenvalue weighted by Crippen LogP contribution is -2.46. The number of carbonyl (C=O) groups excluding carboxylic acids is 2. The number of ether oxygens (including phenoxy) is 3. The Morgan fingerprint density at radius 3 is 2.31 bits per heavy atom. The van der Waals surface area contributed by atoms with Gasteiger partial charge in [0, 0.05) is 35.6 Å². The molecule has 0 radical (unpaired) electrons. The molecule has 0 spiro atoms. The number of rotatable bonds is 13. The minimum Gasteiger partial charge on any atom is -0.493 e. The number of benzene rings is 2. The number of hydrogen-bond acceptors (Lipinski definition) is 6. The highest BCUT2D eigenvalue weighted by molar-refractivity contribution is 7.11. The maximum absolute atomic E-state index is 13.6. The first-order chi connectivity index (χ1) is 18.7. The van der Waals surface area contributed by atoms with Gasteiger partial charge >= 0.3 is 6.03 Å². The molecule has 1 heterocycles. The summed E-state index contributed by atoms with van der Waals surface area (Å²) >= 11 is 13.7. The molecule has 8 nitrogen and oxygen atoms in total. The molecule has 39 heavy (non-hydrogen) atoms. The lowest BCUT2D eigenvalue weighted by atomic mass is 10.1. The summed E-state index contributed by atoms with van der Waals surface area (Å²) in [6.07, 6.45) is 0.601. The van der Waals surface area contributed by atoms with Crippen LogP contribution < -0.4 is 14.8 Å². The predicted octanol–water partition coefficient (Wildman–Crippen LogP) is 6.13. The monoisotopic (exact) mass is 593 g/mol. The van der Waals surface area contributed by atoms with Crippen LogP contribution in [0.3, 0.4) is 0 Å². The number of thiophene rings is 1. The van der Waals surface area contributed by atoms with Gasteiger partial charge in [-0.05, 0) is 61.4 Å². The highest BCUT2D eigenvalue weighted by atomic mass is 35.5. The van der Waals surface area contributed by atoms with Gasteiger partial charge in [0.1, 0.15) is 6.54 Å². The minimum absolute atomic E-state index is 0.118. The average molecular weight is 595 g/mol. The number of amides is 3. The van der Waals surface area contributed by atoms with Gasteiger partial charge in [-0.1, -0.05) is 29.3 Å². The molecule has 0 aliphatic heterocycles. The Labute approximate surface area is 243 Å². The summed E-state index contributed by atoms with van der Waals surface area (Å²) in [6, 6.07) is 14.1. The smallest absolute Gasteiger partial charge is 0.322 e. The molecule has 0 aliphatic rings. The number of methoxy groups -OCH3 is 3. The van der Waals surface area contributed by atoms with E-state index in [1.807, 2.05) is 37.3 Å². The second-order valence-corrected chi connectivity index (χ2v) is 10.9. The third-order valence-corrected chi connectivity index (χ3v) is 7.69. The molecule has 0 bridgehead atoms. The molecule has 2 aromatic carbocycles. The summed E-state index contributed by atoms with van der Waals surface area (Å²) in [7, 11) is 4.73. The fourth-order valence-electron chi connectivity index (χ4n) is 3.84. The predicted molar refractivity (Wildman–Crippen MR) is 157 cm³/mol. The van der Waals surface area contributed by atoms with Crippen LogP contribution in [0.4, 0.5) is 10.5 Å². The third-order valence-electron chi connectivity index (χ3n) is 5.96. The van der Waals surface area contributed by atoms with Crippen molar-refractivity contribution < 1.29 is 23.8 Å². The van der Waals surface area contributed by atoms with Crippen molar-refractivity contribution in [3.05, 3.63) is 73.9 Å². The first kappa shape index (κ1) is 30.6. The summed E-state index contributed by atoms with van der Waals surface area (Å²) < 4.78 is 15.9. The van der Waals surface area contributed by atoms with Crippen LogP contribution in [0.2, 0.25) is 10.0 Å². The molecule has 0 saturated heterocycles. The number of carbonyl (C=O) groups is 2. The summed E-state index contributed by atoms with van der Waals surface area (Å²) in [5.41, 5.74) is 1.48. The lowest BCUT2D eigenvalue weighted by molar-refractivity contribution is -0.132. The fraction of sp³-hybridized carbons (Fsp3) is 0.357. The molecule has 1 N–H and O–H groups in total. The molecular formula is C28H33Cl2N3O5S. The van der Waals surface area contributed by atoms with E-state index >= 15 is 0 Å². The Kier molecular flexibility index (Phi) is 11.7. The number of nitrogens with one attached hydrogen (secondary N) is 1.